The van der Waals surface area contributed by atoms with Gasteiger partial charge in [0.05, 0.1) is 25.7 Å². The first-order chi connectivity index (χ1) is 33.6. The fourth-order valence-electron chi connectivity index (χ4n) is 7.77. The molecule has 4 rings (SSSR count). The first-order valence-corrected chi connectivity index (χ1v) is 25.9. The average molecular weight is 1040 g/mol. The highest BCUT2D eigenvalue weighted by atomic mass is 33.1. The molecule has 2 bridgehead atoms. The first kappa shape index (κ1) is 59.3. The van der Waals surface area contributed by atoms with E-state index in [0.717, 1.165) is 33.4 Å². The Kier molecular flexibility index (Phi) is 24.5. The van der Waals surface area contributed by atoms with Crippen molar-refractivity contribution < 1.29 is 67.7 Å². The molecule has 394 valence electrons. The van der Waals surface area contributed by atoms with E-state index < -0.39 is 132 Å². The van der Waals surface area contributed by atoms with Crippen molar-refractivity contribution in [2.75, 3.05) is 37.7 Å². The minimum atomic E-state index is -1.67. The zero-order valence-electron chi connectivity index (χ0n) is 40.6. The molecule has 26 heteroatoms. The third kappa shape index (κ3) is 18.3. The van der Waals surface area contributed by atoms with Crippen LogP contribution in [0.5, 0.6) is 5.75 Å². The fraction of sp³-hybridized carbons (Fsp3) is 0.622. The number of nitrogens with two attached hydrogens (primary N) is 2. The Labute approximate surface area is 419 Å². The Balaban J connectivity index is 0.00000320. The maximum atomic E-state index is 14.6. The summed E-state index contributed by atoms with van der Waals surface area (Å²) >= 11 is 0. The SMILES string of the molecule is CC(=O)O.CCOc1ccc(C[C@H]2NC(=O)CCSSC[C@@H](C(=O)N3CCC[C@H]3C(=O)N[C@@H](CCCN)C(=O)NCC(N)=O)N3C(=O)C[C@H](NC(=O)[C@H]([C@@H](C)O)NC(=O)[C@H]([C@@H](C)CC)NC2=O)C3=O)cc1. The normalized spacial score (nSPS) is 23.8. The number of likely N-dealkylation sites (tertiary alicyclic amines) is 1. The molecular formula is C45H68N10O14S2. The summed E-state index contributed by atoms with van der Waals surface area (Å²) in [6.07, 6.45) is -0.784. The van der Waals surface area contributed by atoms with Crippen LogP contribution in [-0.4, -0.2) is 171 Å². The Morgan fingerprint density at radius 3 is 2.17 bits per heavy atom. The lowest BCUT2D eigenvalue weighted by atomic mass is 9.96. The predicted octanol–water partition coefficient (Wildman–Crippen LogP) is -2.19. The first-order valence-electron chi connectivity index (χ1n) is 23.4. The molecule has 3 heterocycles. The minimum Gasteiger partial charge on any atom is -0.494 e. The van der Waals surface area contributed by atoms with Crippen molar-refractivity contribution in [3.63, 3.8) is 0 Å². The van der Waals surface area contributed by atoms with E-state index in [1.807, 2.05) is 6.92 Å². The number of carbonyl (C=O) groups excluding carboxylic acids is 10. The van der Waals surface area contributed by atoms with Crippen LogP contribution in [0.25, 0.3) is 0 Å². The number of carbonyl (C=O) groups is 11. The van der Waals surface area contributed by atoms with Crippen LogP contribution in [0, 0.1) is 5.92 Å². The Morgan fingerprint density at radius 2 is 1.56 bits per heavy atom. The number of primary amides is 1. The van der Waals surface area contributed by atoms with Crippen molar-refractivity contribution in [3.8, 4) is 5.75 Å². The van der Waals surface area contributed by atoms with E-state index in [2.05, 4.69) is 31.9 Å². The molecule has 71 heavy (non-hydrogen) atoms. The number of hydrogen-bond donors (Lipinski definition) is 10. The number of nitrogens with one attached hydrogen (secondary N) is 6. The molecule has 24 nitrogen and oxygen atoms in total. The van der Waals surface area contributed by atoms with E-state index in [0.29, 0.717) is 37.2 Å². The Morgan fingerprint density at radius 1 is 0.915 bits per heavy atom. The number of nitrogens with zero attached hydrogens (tertiary/aromatic N) is 2. The number of aliphatic hydroxyl groups is 1. The number of benzene rings is 1. The van der Waals surface area contributed by atoms with Gasteiger partial charge in [-0.05, 0) is 69.7 Å². The molecule has 0 aliphatic carbocycles. The molecule has 1 aromatic carbocycles. The van der Waals surface area contributed by atoms with Crippen molar-refractivity contribution in [1.29, 1.82) is 0 Å². The van der Waals surface area contributed by atoms with Gasteiger partial charge in [-0.3, -0.25) is 57.6 Å². The largest absolute Gasteiger partial charge is 0.494 e. The fourth-order valence-corrected chi connectivity index (χ4v) is 9.95. The van der Waals surface area contributed by atoms with Gasteiger partial charge in [-0.1, -0.05) is 54.0 Å². The van der Waals surface area contributed by atoms with Gasteiger partial charge in [-0.2, -0.15) is 0 Å². The van der Waals surface area contributed by atoms with Crippen LogP contribution in [0.3, 0.4) is 0 Å². The van der Waals surface area contributed by atoms with Crippen LogP contribution in [-0.2, 0) is 59.2 Å². The van der Waals surface area contributed by atoms with Crippen molar-refractivity contribution in [1.82, 2.24) is 41.7 Å². The molecule has 0 spiro atoms. The lowest BCUT2D eigenvalue weighted by Gasteiger charge is -2.32. The maximum Gasteiger partial charge on any atom is 0.300 e. The number of amides is 10. The molecule has 3 aliphatic rings. The molecule has 0 aromatic heterocycles. The molecule has 0 saturated carbocycles. The number of fused-ring (bicyclic) bond motifs is 2. The van der Waals surface area contributed by atoms with Crippen LogP contribution in [0.2, 0.25) is 0 Å². The van der Waals surface area contributed by atoms with Gasteiger partial charge in [0.25, 0.3) is 11.9 Å². The summed E-state index contributed by atoms with van der Waals surface area (Å²) in [6, 6.07) is -2.36. The number of hydrogen-bond acceptors (Lipinski definition) is 16. The summed E-state index contributed by atoms with van der Waals surface area (Å²) in [7, 11) is 2.24. The second-order valence-electron chi connectivity index (χ2n) is 17.1. The summed E-state index contributed by atoms with van der Waals surface area (Å²) in [6.45, 7) is 7.87. The molecule has 9 atom stereocenters. The molecule has 0 radical (unpaired) electrons. The summed E-state index contributed by atoms with van der Waals surface area (Å²) in [4.78, 5) is 147. The molecule has 0 unspecified atom stereocenters. The highest BCUT2D eigenvalue weighted by molar-refractivity contribution is 8.76. The molecule has 3 aliphatic heterocycles. The van der Waals surface area contributed by atoms with Gasteiger partial charge in [0.2, 0.25) is 53.2 Å². The third-order valence-corrected chi connectivity index (χ3v) is 14.0. The molecule has 3 fully saturated rings. The van der Waals surface area contributed by atoms with E-state index in [1.165, 1.54) is 11.8 Å². The lowest BCUT2D eigenvalue weighted by Crippen LogP contribution is -2.61. The number of carboxylic acids is 1. The number of ether oxygens (including phenoxy) is 1. The monoisotopic (exact) mass is 1040 g/mol. The van der Waals surface area contributed by atoms with Crippen LogP contribution in [0.4, 0.5) is 0 Å². The number of aliphatic carboxylic acids is 1. The number of imide groups is 1. The standard InChI is InChI=1S/C43H64N10O12S2.C2H4O2/c1-5-23(3)35-40(61)51-36(24(4)54)41(62)49-29-20-34(57)53(42(29)63)31(43(64)52-17-8-10-30(52)39(60)48-27(9-7-16-44)37(58)46-21-32(45)55)22-67-66-18-15-33(56)47-28(38(59)50-35)19-25-11-13-26(14-12-25)65-6-2;1-2(3)4/h11-14,23-24,27-31,35-36,54H,5-10,15-22,44H2,1-4H3,(H2,45,55)(H,46,58)(H,47,56)(H,48,60)(H,49,62)(H,50,59)(H,51,61);1H3,(H,3,4)/t23-,24+,27-,28+,29-,30-,31-,35-,36-;/m0./s1. The third-order valence-electron chi connectivity index (χ3n) is 11.6. The van der Waals surface area contributed by atoms with E-state index in [9.17, 15) is 53.1 Å². The van der Waals surface area contributed by atoms with Crippen molar-refractivity contribution in [2.45, 2.75) is 134 Å². The molecule has 1 aromatic rings. The van der Waals surface area contributed by atoms with Crippen LogP contribution in [0.15, 0.2) is 24.3 Å². The van der Waals surface area contributed by atoms with Crippen LogP contribution < -0.4 is 48.1 Å². The Bertz CT molecular complexity index is 2080. The average Bonchev–Trinajstić information content (AvgIpc) is 3.92. The van der Waals surface area contributed by atoms with E-state index in [4.69, 9.17) is 26.1 Å². The summed E-state index contributed by atoms with van der Waals surface area (Å²) in [5, 5.41) is 33.6. The van der Waals surface area contributed by atoms with Gasteiger partial charge in [0.1, 0.15) is 48.0 Å². The zero-order valence-corrected chi connectivity index (χ0v) is 42.2. The molecule has 3 saturated heterocycles. The molecular weight excluding hydrogens is 969 g/mol. The van der Waals surface area contributed by atoms with Gasteiger partial charge >= 0.3 is 0 Å². The Hall–Kier alpha value is -5.99. The molecule has 12 N–H and O–H groups in total. The van der Waals surface area contributed by atoms with Gasteiger partial charge in [0.15, 0.2) is 0 Å². The van der Waals surface area contributed by atoms with E-state index in [-0.39, 0.29) is 50.3 Å². The highest BCUT2D eigenvalue weighted by Gasteiger charge is 2.49. The van der Waals surface area contributed by atoms with Crippen molar-refractivity contribution in [2.24, 2.45) is 17.4 Å². The predicted molar refractivity (Wildman–Crippen MR) is 260 cm³/mol. The second-order valence-corrected chi connectivity index (χ2v) is 19.8. The topological polar surface area (TPSA) is 368 Å². The van der Waals surface area contributed by atoms with Gasteiger partial charge < -0.3 is 63.2 Å². The van der Waals surface area contributed by atoms with E-state index in [1.54, 1.807) is 38.1 Å². The molecule has 10 amide bonds. The summed E-state index contributed by atoms with van der Waals surface area (Å²) < 4.78 is 5.54. The number of carboxylic acid groups (broad SMARTS) is 1. The highest BCUT2D eigenvalue weighted by Crippen LogP contribution is 2.30. The lowest BCUT2D eigenvalue weighted by molar-refractivity contribution is -0.151. The zero-order chi connectivity index (χ0) is 52.9. The number of rotatable bonds is 16. The van der Waals surface area contributed by atoms with Crippen molar-refractivity contribution >= 4 is 86.6 Å². The van der Waals surface area contributed by atoms with Gasteiger partial charge in [-0.25, -0.2) is 0 Å². The maximum absolute atomic E-state index is 14.6. The van der Waals surface area contributed by atoms with Crippen molar-refractivity contribution in [3.05, 3.63) is 29.8 Å². The summed E-state index contributed by atoms with van der Waals surface area (Å²) in [5.74, 6) is -8.50. The quantitative estimate of drug-likeness (QED) is 0.0621. The second kappa shape index (κ2) is 29.4. The van der Waals surface area contributed by atoms with E-state index >= 15 is 0 Å². The summed E-state index contributed by atoms with van der Waals surface area (Å²) in [5.41, 5.74) is 11.5. The smallest absolute Gasteiger partial charge is 0.300 e. The number of aliphatic hydroxyl groups excluding tert-OH is 1. The minimum absolute atomic E-state index is 0.0366. The van der Waals surface area contributed by atoms with Gasteiger partial charge in [0, 0.05) is 37.8 Å². The van der Waals surface area contributed by atoms with Crippen LogP contribution in [0.1, 0.15) is 85.1 Å². The van der Waals surface area contributed by atoms with Crippen LogP contribution >= 0.6 is 21.6 Å². The van der Waals surface area contributed by atoms with Gasteiger partial charge in [-0.15, -0.1) is 0 Å².